The Labute approximate surface area is 156 Å². The number of hydrogen-bond donors (Lipinski definition) is 3. The average molecular weight is 390 g/mol. The summed E-state index contributed by atoms with van der Waals surface area (Å²) in [6, 6.07) is 9.00. The van der Waals surface area contributed by atoms with E-state index in [2.05, 4.69) is 4.98 Å². The van der Waals surface area contributed by atoms with Gasteiger partial charge in [-0.25, -0.2) is 4.31 Å². The van der Waals surface area contributed by atoms with Crippen molar-refractivity contribution < 1.29 is 28.2 Å². The Balaban J connectivity index is 1.93. The average Bonchev–Trinajstić information content (AvgIpc) is 3.13. The second-order valence-corrected chi connectivity index (χ2v) is 8.29. The molecular weight excluding hydrogens is 372 g/mol. The smallest absolute Gasteiger partial charge is 0.308 e. The van der Waals surface area contributed by atoms with Crippen LogP contribution in [-0.2, 0) is 4.79 Å². The van der Waals surface area contributed by atoms with E-state index in [1.807, 2.05) is 24.3 Å². The number of fused-ring (bicyclic) bond motifs is 1. The van der Waals surface area contributed by atoms with E-state index in [0.29, 0.717) is 24.0 Å². The van der Waals surface area contributed by atoms with Gasteiger partial charge < -0.3 is 14.3 Å². The number of pyridine rings is 1. The number of hydrogen-bond acceptors (Lipinski definition) is 8. The van der Waals surface area contributed by atoms with Crippen molar-refractivity contribution in [1.82, 2.24) is 4.98 Å². The summed E-state index contributed by atoms with van der Waals surface area (Å²) in [6.07, 6.45) is 2.12. The summed E-state index contributed by atoms with van der Waals surface area (Å²) < 4.78 is 32.8. The maximum absolute atomic E-state index is 11.5. The molecule has 1 saturated heterocycles. The number of carbonyl (C=O) groups is 1. The number of aromatic hydroxyl groups is 1. The van der Waals surface area contributed by atoms with E-state index < -0.39 is 16.7 Å². The maximum atomic E-state index is 11.5. The molecule has 1 aromatic carbocycles. The zero-order valence-corrected chi connectivity index (χ0v) is 15.3. The molecule has 0 bridgehead atoms. The molecule has 3 heterocycles. The lowest BCUT2D eigenvalue weighted by Crippen LogP contribution is -2.22. The van der Waals surface area contributed by atoms with Crippen LogP contribution < -0.4 is 9.04 Å². The number of furan rings is 1. The number of anilines is 1. The van der Waals surface area contributed by atoms with Crippen molar-refractivity contribution in [3.05, 3.63) is 36.5 Å². The minimum atomic E-state index is -3.10. The highest BCUT2D eigenvalue weighted by molar-refractivity contribution is 8.25. The zero-order chi connectivity index (χ0) is 19.2. The van der Waals surface area contributed by atoms with Crippen molar-refractivity contribution >= 4 is 33.5 Å². The van der Waals surface area contributed by atoms with Crippen molar-refractivity contribution in [2.24, 2.45) is 0 Å². The summed E-state index contributed by atoms with van der Waals surface area (Å²) in [5, 5.41) is 11.5. The Morgan fingerprint density at radius 3 is 2.78 bits per heavy atom. The lowest BCUT2D eigenvalue weighted by Gasteiger charge is -2.36. The van der Waals surface area contributed by atoms with Crippen LogP contribution in [0.4, 0.5) is 5.88 Å². The van der Waals surface area contributed by atoms with Crippen molar-refractivity contribution in [1.29, 1.82) is 0 Å². The molecule has 27 heavy (non-hydrogen) atoms. The van der Waals surface area contributed by atoms with Gasteiger partial charge in [0.2, 0.25) is 11.5 Å². The Morgan fingerprint density at radius 2 is 2.07 bits per heavy atom. The van der Waals surface area contributed by atoms with E-state index in [1.165, 1.54) is 11.2 Å². The molecule has 0 radical (unpaired) electrons. The molecule has 1 fully saturated rings. The Morgan fingerprint density at radius 1 is 1.30 bits per heavy atom. The molecule has 0 amide bonds. The fourth-order valence-electron chi connectivity index (χ4n) is 3.16. The molecule has 0 saturated carbocycles. The first-order valence-corrected chi connectivity index (χ1v) is 9.97. The van der Waals surface area contributed by atoms with E-state index in [1.54, 1.807) is 12.3 Å². The Hall–Kier alpha value is -2.75. The third-order valence-electron chi connectivity index (χ3n) is 4.32. The molecule has 9 heteroatoms. The summed E-state index contributed by atoms with van der Waals surface area (Å²) in [7, 11) is -3.10. The van der Waals surface area contributed by atoms with Gasteiger partial charge in [0.25, 0.3) is 5.88 Å². The number of nitrogens with zero attached hydrogens (tertiary/aromatic N) is 2. The van der Waals surface area contributed by atoms with Crippen LogP contribution in [0, 0.1) is 0 Å². The molecule has 3 N–H and O–H groups in total. The lowest BCUT2D eigenvalue weighted by molar-refractivity contribution is -0.132. The highest BCUT2D eigenvalue weighted by atomic mass is 32.3. The van der Waals surface area contributed by atoms with Gasteiger partial charge in [0.15, 0.2) is 5.76 Å². The fraction of sp³-hybridized carbons (Fsp3) is 0.222. The number of benzene rings is 1. The van der Waals surface area contributed by atoms with Crippen LogP contribution in [0.25, 0.3) is 22.2 Å². The first-order valence-electron chi connectivity index (χ1n) is 8.30. The van der Waals surface area contributed by atoms with Gasteiger partial charge >= 0.3 is 5.97 Å². The third-order valence-corrected chi connectivity index (χ3v) is 6.21. The second-order valence-electron chi connectivity index (χ2n) is 6.18. The van der Waals surface area contributed by atoms with E-state index in [0.717, 1.165) is 5.39 Å². The van der Waals surface area contributed by atoms with Gasteiger partial charge in [0.05, 0.1) is 11.3 Å². The molecule has 0 aliphatic carbocycles. The van der Waals surface area contributed by atoms with Crippen molar-refractivity contribution in [3.63, 3.8) is 0 Å². The predicted octanol–water partition coefficient (Wildman–Crippen LogP) is 4.00. The summed E-state index contributed by atoms with van der Waals surface area (Å²) >= 11 is 0. The molecule has 1 aliphatic rings. The van der Waals surface area contributed by atoms with Crippen molar-refractivity contribution in [3.8, 4) is 22.8 Å². The molecule has 0 atom stereocenters. The van der Waals surface area contributed by atoms with Crippen LogP contribution in [0.3, 0.4) is 0 Å². The highest BCUT2D eigenvalue weighted by Gasteiger charge is 2.37. The largest absolute Gasteiger partial charge is 0.502 e. The van der Waals surface area contributed by atoms with Gasteiger partial charge in [0, 0.05) is 30.6 Å². The van der Waals surface area contributed by atoms with Crippen LogP contribution >= 0.6 is 10.8 Å². The number of esters is 1. The molecule has 8 nitrogen and oxygen atoms in total. The fourth-order valence-corrected chi connectivity index (χ4v) is 4.71. The number of carbonyl (C=O) groups excluding carboxylic acids is 1. The number of para-hydroxylation sites is 1. The first-order chi connectivity index (χ1) is 12.9. The molecule has 4 rings (SSSR count). The van der Waals surface area contributed by atoms with E-state index in [9.17, 15) is 19.0 Å². The number of ether oxygens (including phenoxy) is 1. The van der Waals surface area contributed by atoms with Crippen molar-refractivity contribution in [2.75, 3.05) is 16.6 Å². The number of rotatable bonds is 3. The Bertz CT molecular complexity index is 1030. The van der Waals surface area contributed by atoms with Crippen LogP contribution in [0.5, 0.6) is 11.5 Å². The zero-order valence-electron chi connectivity index (χ0n) is 14.5. The van der Waals surface area contributed by atoms with Gasteiger partial charge in [-0.1, -0.05) is 18.2 Å². The molecule has 142 valence electrons. The summed E-state index contributed by atoms with van der Waals surface area (Å²) in [6.45, 7) is 1.50. The number of aromatic nitrogens is 1. The van der Waals surface area contributed by atoms with Gasteiger partial charge in [0.1, 0.15) is 0 Å². The summed E-state index contributed by atoms with van der Waals surface area (Å²) in [5.74, 6) is -1.08. The molecule has 0 spiro atoms. The SMILES string of the molecule is CC(=O)Oc1c(N2CCCS2(O)O)oc(-c2ccnc3ccccc23)c1O. The molecular formula is C18H18N2O6S. The van der Waals surface area contributed by atoms with Crippen LogP contribution in [-0.4, -0.2) is 37.5 Å². The van der Waals surface area contributed by atoms with E-state index >= 15 is 0 Å². The van der Waals surface area contributed by atoms with Crippen molar-refractivity contribution in [2.45, 2.75) is 13.3 Å². The molecule has 2 aromatic heterocycles. The quantitative estimate of drug-likeness (QED) is 0.575. The third kappa shape index (κ3) is 2.99. The molecule has 0 unspecified atom stereocenters. The summed E-state index contributed by atoms with van der Waals surface area (Å²) in [5.41, 5.74) is 1.25. The predicted molar refractivity (Wildman–Crippen MR) is 102 cm³/mol. The van der Waals surface area contributed by atoms with Crippen LogP contribution in [0.2, 0.25) is 0 Å². The van der Waals surface area contributed by atoms with E-state index in [-0.39, 0.29) is 28.9 Å². The highest BCUT2D eigenvalue weighted by Crippen LogP contribution is 2.58. The standard InChI is InChI=1S/C18H18N2O6S/c1-11(21)25-17-15(22)16(26-18(17)20-9-4-10-27(20,23)24)13-7-8-19-14-6-3-2-5-12(13)14/h2-3,5-8,22-24H,4,9-10H2,1H3. The molecule has 3 aromatic rings. The van der Waals surface area contributed by atoms with Crippen LogP contribution in [0.1, 0.15) is 13.3 Å². The maximum Gasteiger partial charge on any atom is 0.308 e. The van der Waals surface area contributed by atoms with Crippen LogP contribution in [0.15, 0.2) is 40.9 Å². The minimum Gasteiger partial charge on any atom is -0.502 e. The minimum absolute atomic E-state index is 0.0713. The molecule has 1 aliphatic heterocycles. The normalized spacial score (nSPS) is 17.2. The Kier molecular flexibility index (Phi) is 4.22. The first kappa shape index (κ1) is 17.7. The van der Waals surface area contributed by atoms with Gasteiger partial charge in [-0.3, -0.25) is 18.9 Å². The van der Waals surface area contributed by atoms with Gasteiger partial charge in [-0.15, -0.1) is 10.8 Å². The van der Waals surface area contributed by atoms with Gasteiger partial charge in [-0.05, 0) is 18.6 Å². The summed E-state index contributed by atoms with van der Waals surface area (Å²) in [4.78, 5) is 15.8. The second kappa shape index (κ2) is 6.45. The monoisotopic (exact) mass is 390 g/mol. The van der Waals surface area contributed by atoms with Gasteiger partial charge in [-0.2, -0.15) is 0 Å². The topological polar surface area (TPSA) is 116 Å². The van der Waals surface area contributed by atoms with E-state index in [4.69, 9.17) is 9.15 Å². The lowest BCUT2D eigenvalue weighted by atomic mass is 10.1.